The Labute approximate surface area is 212 Å². The van der Waals surface area contributed by atoms with E-state index < -0.39 is 5.54 Å². The minimum absolute atomic E-state index is 0.126. The molecule has 4 fully saturated rings. The van der Waals surface area contributed by atoms with Crippen molar-refractivity contribution in [1.29, 1.82) is 0 Å². The standard InChI is InChI=1S/C25H40N8O3/c1-25(2,27)22(34)31-9-11-32(12-10-31)23(35)28-20-7-8-33(24(36)29-20)17-5-3-16(4-6-17)13-30-14-18-19(15-30)21(18)26/h7-8,16-19,21H,3-6,9-15,26-27H2,1-2H3,(H,28,29,35,36). The van der Waals surface area contributed by atoms with Gasteiger partial charge in [-0.25, -0.2) is 9.59 Å². The van der Waals surface area contributed by atoms with E-state index in [1.807, 2.05) is 0 Å². The average Bonchev–Trinajstić information content (AvgIpc) is 3.23. The molecule has 2 aliphatic carbocycles. The van der Waals surface area contributed by atoms with Crippen LogP contribution in [0.25, 0.3) is 0 Å². The van der Waals surface area contributed by atoms with Gasteiger partial charge in [-0.15, -0.1) is 0 Å². The van der Waals surface area contributed by atoms with E-state index in [0.29, 0.717) is 38.1 Å². The molecule has 0 bridgehead atoms. The van der Waals surface area contributed by atoms with Gasteiger partial charge in [-0.1, -0.05) is 0 Å². The van der Waals surface area contributed by atoms with Crippen molar-refractivity contribution in [2.24, 2.45) is 29.2 Å². The number of hydrogen-bond donors (Lipinski definition) is 3. The van der Waals surface area contributed by atoms with Crippen LogP contribution in [-0.4, -0.2) is 93.6 Å². The summed E-state index contributed by atoms with van der Waals surface area (Å²) in [7, 11) is 0. The van der Waals surface area contributed by atoms with Crippen LogP contribution in [0.15, 0.2) is 17.1 Å². The number of urea groups is 1. The number of aromatic nitrogens is 2. The lowest BCUT2D eigenvalue weighted by molar-refractivity contribution is -0.137. The fraction of sp³-hybridized carbons (Fsp3) is 0.760. The van der Waals surface area contributed by atoms with Crippen LogP contribution in [-0.2, 0) is 4.79 Å². The number of nitrogens with one attached hydrogen (secondary N) is 1. The third-order valence-corrected chi connectivity index (χ3v) is 8.53. The first-order valence-electron chi connectivity index (χ1n) is 13.3. The average molecular weight is 501 g/mol. The van der Waals surface area contributed by atoms with E-state index in [4.69, 9.17) is 11.5 Å². The van der Waals surface area contributed by atoms with Crippen molar-refractivity contribution in [2.75, 3.05) is 51.1 Å². The summed E-state index contributed by atoms with van der Waals surface area (Å²) in [6, 6.07) is 1.97. The van der Waals surface area contributed by atoms with Gasteiger partial charge in [0, 0.05) is 64.1 Å². The minimum Gasteiger partial charge on any atom is -0.338 e. The third-order valence-electron chi connectivity index (χ3n) is 8.53. The fourth-order valence-corrected chi connectivity index (χ4v) is 6.25. The Morgan fingerprint density at radius 1 is 1.06 bits per heavy atom. The first-order chi connectivity index (χ1) is 17.1. The number of hydrogen-bond acceptors (Lipinski definition) is 7. The van der Waals surface area contributed by atoms with Gasteiger partial charge < -0.3 is 26.2 Å². The van der Waals surface area contributed by atoms with Crippen LogP contribution in [0, 0.1) is 17.8 Å². The number of nitrogens with zero attached hydrogens (tertiary/aromatic N) is 5. The topological polar surface area (TPSA) is 143 Å². The normalized spacial score (nSPS) is 30.7. The Morgan fingerprint density at radius 2 is 1.67 bits per heavy atom. The number of amides is 3. The van der Waals surface area contributed by atoms with Gasteiger partial charge in [-0.3, -0.25) is 14.7 Å². The van der Waals surface area contributed by atoms with Crippen LogP contribution in [0.1, 0.15) is 45.6 Å². The summed E-state index contributed by atoms with van der Waals surface area (Å²) in [5.74, 6) is 2.26. The number of fused-ring (bicyclic) bond motifs is 1. The van der Waals surface area contributed by atoms with Crippen molar-refractivity contribution in [3.8, 4) is 0 Å². The lowest BCUT2D eigenvalue weighted by atomic mass is 9.85. The summed E-state index contributed by atoms with van der Waals surface area (Å²) in [6.45, 7) is 8.48. The van der Waals surface area contributed by atoms with Crippen molar-refractivity contribution in [1.82, 2.24) is 24.3 Å². The molecule has 1 aromatic rings. The SMILES string of the molecule is CC(C)(N)C(=O)N1CCN(C(=O)Nc2ccn(C3CCC(CN4CC5C(N)C5C4)CC3)c(=O)n2)CC1. The maximum Gasteiger partial charge on any atom is 0.349 e. The lowest BCUT2D eigenvalue weighted by Gasteiger charge is -2.37. The van der Waals surface area contributed by atoms with Crippen molar-refractivity contribution in [2.45, 2.75) is 57.2 Å². The first kappa shape index (κ1) is 25.2. The van der Waals surface area contributed by atoms with Crippen molar-refractivity contribution in [3.63, 3.8) is 0 Å². The maximum absolute atomic E-state index is 12.8. The maximum atomic E-state index is 12.8. The summed E-state index contributed by atoms with van der Waals surface area (Å²) in [4.78, 5) is 47.8. The molecule has 2 atom stereocenters. The molecule has 3 heterocycles. The Balaban J connectivity index is 1.08. The Bertz CT molecular complexity index is 1020. The Kier molecular flexibility index (Phi) is 6.82. The molecule has 198 valence electrons. The van der Waals surface area contributed by atoms with Crippen LogP contribution >= 0.6 is 0 Å². The molecule has 4 aliphatic rings. The molecule has 2 unspecified atom stereocenters. The molecule has 5 N–H and O–H groups in total. The number of piperazine rings is 1. The number of piperidine rings is 1. The van der Waals surface area contributed by atoms with E-state index in [-0.39, 0.29) is 29.5 Å². The smallest absolute Gasteiger partial charge is 0.338 e. The predicted molar refractivity (Wildman–Crippen MR) is 136 cm³/mol. The van der Waals surface area contributed by atoms with Crippen molar-refractivity contribution >= 4 is 17.8 Å². The highest BCUT2D eigenvalue weighted by Gasteiger charge is 2.53. The first-order valence-corrected chi connectivity index (χ1v) is 13.3. The summed E-state index contributed by atoms with van der Waals surface area (Å²) in [6.07, 6.45) is 5.93. The summed E-state index contributed by atoms with van der Waals surface area (Å²) >= 11 is 0. The Hall–Kier alpha value is -2.50. The van der Waals surface area contributed by atoms with Gasteiger partial charge in [0.25, 0.3) is 0 Å². The van der Waals surface area contributed by atoms with Crippen molar-refractivity contribution < 1.29 is 9.59 Å². The number of rotatable bonds is 5. The van der Waals surface area contributed by atoms with Crippen LogP contribution in [0.2, 0.25) is 0 Å². The highest BCUT2D eigenvalue weighted by molar-refractivity contribution is 5.89. The van der Waals surface area contributed by atoms with E-state index in [1.54, 1.807) is 40.5 Å². The van der Waals surface area contributed by atoms with Crippen LogP contribution < -0.4 is 22.5 Å². The van der Waals surface area contributed by atoms with Crippen LogP contribution in [0.3, 0.4) is 0 Å². The number of anilines is 1. The zero-order valence-electron chi connectivity index (χ0n) is 21.4. The van der Waals surface area contributed by atoms with Gasteiger partial charge in [-0.05, 0) is 63.4 Å². The molecule has 2 aliphatic heterocycles. The highest BCUT2D eigenvalue weighted by Crippen LogP contribution is 2.44. The third kappa shape index (κ3) is 5.28. The number of likely N-dealkylation sites (tertiary alicyclic amines) is 1. The Morgan fingerprint density at radius 3 is 2.25 bits per heavy atom. The second kappa shape index (κ2) is 9.75. The molecule has 0 radical (unpaired) electrons. The zero-order chi connectivity index (χ0) is 25.6. The monoisotopic (exact) mass is 500 g/mol. The predicted octanol–water partition coefficient (Wildman–Crippen LogP) is 0.277. The van der Waals surface area contributed by atoms with E-state index in [9.17, 15) is 14.4 Å². The minimum atomic E-state index is -0.930. The molecule has 1 aromatic heterocycles. The van der Waals surface area contributed by atoms with E-state index in [1.165, 1.54) is 0 Å². The molecule has 2 saturated carbocycles. The molecule has 2 saturated heterocycles. The van der Waals surface area contributed by atoms with Crippen LogP contribution in [0.4, 0.5) is 10.6 Å². The second-order valence-electron chi connectivity index (χ2n) is 11.7. The fourth-order valence-electron chi connectivity index (χ4n) is 6.25. The summed E-state index contributed by atoms with van der Waals surface area (Å²) in [5.41, 5.74) is 10.7. The number of carbonyl (C=O) groups is 2. The quantitative estimate of drug-likeness (QED) is 0.527. The molecule has 0 spiro atoms. The summed E-state index contributed by atoms with van der Waals surface area (Å²) in [5, 5.41) is 2.73. The van der Waals surface area contributed by atoms with Gasteiger partial charge in [0.15, 0.2) is 0 Å². The van der Waals surface area contributed by atoms with Gasteiger partial charge in [0.1, 0.15) is 5.82 Å². The lowest BCUT2D eigenvalue weighted by Crippen LogP contribution is -2.58. The number of nitrogens with two attached hydrogens (primary N) is 2. The van der Waals surface area contributed by atoms with Gasteiger partial charge >= 0.3 is 11.7 Å². The highest BCUT2D eigenvalue weighted by atomic mass is 16.2. The second-order valence-corrected chi connectivity index (χ2v) is 11.7. The zero-order valence-corrected chi connectivity index (χ0v) is 21.4. The molecular formula is C25H40N8O3. The van der Waals surface area contributed by atoms with Crippen LogP contribution in [0.5, 0.6) is 0 Å². The van der Waals surface area contributed by atoms with Gasteiger partial charge in [-0.2, -0.15) is 4.98 Å². The van der Waals surface area contributed by atoms with Gasteiger partial charge in [0.05, 0.1) is 5.54 Å². The van der Waals surface area contributed by atoms with Gasteiger partial charge in [0.2, 0.25) is 5.91 Å². The molecule has 11 heteroatoms. The molecule has 5 rings (SSSR count). The molecule has 36 heavy (non-hydrogen) atoms. The van der Waals surface area contributed by atoms with E-state index in [0.717, 1.165) is 57.2 Å². The molecular weight excluding hydrogens is 460 g/mol. The summed E-state index contributed by atoms with van der Waals surface area (Å²) < 4.78 is 1.72. The van der Waals surface area contributed by atoms with E-state index in [2.05, 4.69) is 15.2 Å². The van der Waals surface area contributed by atoms with E-state index >= 15 is 0 Å². The largest absolute Gasteiger partial charge is 0.349 e. The molecule has 11 nitrogen and oxygen atoms in total. The molecule has 0 aromatic carbocycles. The molecule has 3 amide bonds. The number of carbonyl (C=O) groups excluding carboxylic acids is 2. The van der Waals surface area contributed by atoms with Crippen molar-refractivity contribution in [3.05, 3.63) is 22.7 Å².